The average Bonchev–Trinajstić information content (AvgIpc) is 2.71. The molecule has 10 heteroatoms. The van der Waals surface area contributed by atoms with Crippen molar-refractivity contribution in [2.45, 2.75) is 31.7 Å². The molecule has 1 aliphatic heterocycles. The van der Waals surface area contributed by atoms with Crippen LogP contribution in [0.4, 0.5) is 0 Å². The summed E-state index contributed by atoms with van der Waals surface area (Å²) in [7, 11) is -3.67. The second-order valence-electron chi connectivity index (χ2n) is 4.63. The van der Waals surface area contributed by atoms with Crippen molar-refractivity contribution in [3.8, 4) is 0 Å². The monoisotopic (exact) mass is 288 g/mol. The molecule has 2 rings (SSSR count). The van der Waals surface area contributed by atoms with Gasteiger partial charge in [0.25, 0.3) is 15.9 Å². The number of nitrogens with zero attached hydrogens (tertiary/aromatic N) is 4. The third-order valence-corrected chi connectivity index (χ3v) is 5.21. The maximum absolute atomic E-state index is 11.8. The van der Waals surface area contributed by atoms with E-state index in [1.54, 1.807) is 0 Å². The van der Waals surface area contributed by atoms with Crippen molar-refractivity contribution in [3.63, 3.8) is 0 Å². The van der Waals surface area contributed by atoms with E-state index >= 15 is 0 Å². The number of carboxylic acid groups (broad SMARTS) is 1. The number of aliphatic carboxylic acids is 1. The van der Waals surface area contributed by atoms with Crippen LogP contribution in [0.2, 0.25) is 0 Å². The summed E-state index contributed by atoms with van der Waals surface area (Å²) >= 11 is 0. The number of rotatable bonds is 4. The van der Waals surface area contributed by atoms with Crippen LogP contribution >= 0.6 is 0 Å². The van der Waals surface area contributed by atoms with Gasteiger partial charge in [-0.2, -0.15) is 0 Å². The van der Waals surface area contributed by atoms with Gasteiger partial charge in [-0.15, -0.1) is 5.10 Å². The molecule has 0 aromatic carbocycles. The van der Waals surface area contributed by atoms with Gasteiger partial charge in [0.05, 0.1) is 12.7 Å². The van der Waals surface area contributed by atoms with E-state index in [0.29, 0.717) is 4.31 Å². The molecule has 1 fully saturated rings. The largest absolute Gasteiger partial charge is 0.480 e. The van der Waals surface area contributed by atoms with E-state index in [1.165, 1.54) is 20.0 Å². The summed E-state index contributed by atoms with van der Waals surface area (Å²) in [5.41, 5.74) is 0.216. The predicted octanol–water partition coefficient (Wildman–Crippen LogP) is -1.19. The number of amides is 1. The van der Waals surface area contributed by atoms with E-state index in [1.807, 2.05) is 0 Å². The molecule has 0 atom stereocenters. The minimum atomic E-state index is -3.67. The van der Waals surface area contributed by atoms with Gasteiger partial charge in [0, 0.05) is 0 Å². The molecule has 1 aliphatic rings. The second kappa shape index (κ2) is 4.02. The van der Waals surface area contributed by atoms with E-state index in [-0.39, 0.29) is 18.8 Å². The highest BCUT2D eigenvalue weighted by molar-refractivity contribution is 7.94. The molecule has 0 radical (unpaired) electrons. The number of carboxylic acids is 1. The zero-order chi connectivity index (χ0) is 14.4. The zero-order valence-corrected chi connectivity index (χ0v) is 11.1. The number of carbonyl (C=O) groups excluding carboxylic acids is 1. The van der Waals surface area contributed by atoms with Crippen molar-refractivity contribution in [1.82, 2.24) is 19.3 Å². The Kier molecular flexibility index (Phi) is 2.84. The van der Waals surface area contributed by atoms with Gasteiger partial charge in [0.15, 0.2) is 4.75 Å². The molecule has 9 nitrogen and oxygen atoms in total. The summed E-state index contributed by atoms with van der Waals surface area (Å²) in [6.45, 7) is 2.06. The molecule has 1 aromatic rings. The predicted molar refractivity (Wildman–Crippen MR) is 61.2 cm³/mol. The topological polar surface area (TPSA) is 122 Å². The second-order valence-corrected chi connectivity index (χ2v) is 7.04. The number of carbonyl (C=O) groups is 2. The van der Waals surface area contributed by atoms with Crippen molar-refractivity contribution in [2.24, 2.45) is 0 Å². The molecule has 1 aromatic heterocycles. The molecule has 19 heavy (non-hydrogen) atoms. The lowest BCUT2D eigenvalue weighted by atomic mass is 10.2. The van der Waals surface area contributed by atoms with Crippen LogP contribution in [0.25, 0.3) is 0 Å². The Morgan fingerprint density at radius 3 is 2.63 bits per heavy atom. The van der Waals surface area contributed by atoms with Crippen molar-refractivity contribution in [3.05, 3.63) is 11.9 Å². The highest BCUT2D eigenvalue weighted by Gasteiger charge is 2.60. The fourth-order valence-electron chi connectivity index (χ4n) is 1.69. The highest BCUT2D eigenvalue weighted by Crippen LogP contribution is 2.35. The van der Waals surface area contributed by atoms with Crippen LogP contribution < -0.4 is 0 Å². The van der Waals surface area contributed by atoms with Crippen LogP contribution in [0.3, 0.4) is 0 Å². The van der Waals surface area contributed by atoms with Gasteiger partial charge in [-0.1, -0.05) is 5.21 Å². The lowest BCUT2D eigenvalue weighted by molar-refractivity contribution is -0.138. The van der Waals surface area contributed by atoms with Crippen LogP contribution in [0.15, 0.2) is 6.20 Å². The minimum absolute atomic E-state index is 0.216. The number of hydrogen-bond acceptors (Lipinski definition) is 6. The first-order valence-electron chi connectivity index (χ1n) is 5.34. The van der Waals surface area contributed by atoms with Gasteiger partial charge in [-0.25, -0.2) is 17.4 Å². The lowest BCUT2D eigenvalue weighted by Crippen LogP contribution is -2.66. The van der Waals surface area contributed by atoms with Crippen LogP contribution in [-0.2, 0) is 32.7 Å². The van der Waals surface area contributed by atoms with Crippen molar-refractivity contribution >= 4 is 21.9 Å². The fourth-order valence-corrected chi connectivity index (χ4v) is 3.19. The third kappa shape index (κ3) is 1.97. The SMILES string of the molecule is CC1(C)C(=O)N(Cc2cn(CC(=O)O)nn2)S1(=O)=O. The molecule has 1 N–H and O–H groups in total. The Morgan fingerprint density at radius 2 is 2.11 bits per heavy atom. The van der Waals surface area contributed by atoms with E-state index < -0.39 is 26.6 Å². The minimum Gasteiger partial charge on any atom is -0.480 e. The van der Waals surface area contributed by atoms with Crippen LogP contribution in [0.5, 0.6) is 0 Å². The third-order valence-electron chi connectivity index (χ3n) is 2.87. The van der Waals surface area contributed by atoms with E-state index in [4.69, 9.17) is 5.11 Å². The molecule has 1 saturated heterocycles. The van der Waals surface area contributed by atoms with Crippen molar-refractivity contribution in [1.29, 1.82) is 0 Å². The number of sulfonamides is 1. The van der Waals surface area contributed by atoms with Crippen molar-refractivity contribution < 1.29 is 23.1 Å². The van der Waals surface area contributed by atoms with E-state index in [0.717, 1.165) is 4.68 Å². The number of aromatic nitrogens is 3. The molecule has 1 amide bonds. The summed E-state index contributed by atoms with van der Waals surface area (Å²) in [6, 6.07) is 0. The van der Waals surface area contributed by atoms with Crippen molar-refractivity contribution in [2.75, 3.05) is 0 Å². The molecule has 0 spiro atoms. The Hall–Kier alpha value is -1.97. The highest BCUT2D eigenvalue weighted by atomic mass is 32.2. The standard InChI is InChI=1S/C9H12N4O5S/c1-9(2)8(16)13(19(9,17)18)4-6-3-12(11-10-6)5-7(14)15/h3H,4-5H2,1-2H3,(H,14,15). The summed E-state index contributed by atoms with van der Waals surface area (Å²) in [5.74, 6) is -1.61. The quantitative estimate of drug-likeness (QED) is 0.739. The fraction of sp³-hybridized carbons (Fsp3) is 0.556. The Bertz CT molecular complexity index is 647. The first-order valence-corrected chi connectivity index (χ1v) is 6.78. The first-order chi connectivity index (χ1) is 8.66. The lowest BCUT2D eigenvalue weighted by Gasteiger charge is -2.42. The Labute approximate surface area is 108 Å². The maximum atomic E-state index is 11.8. The van der Waals surface area contributed by atoms with Gasteiger partial charge in [0.2, 0.25) is 0 Å². The normalized spacial score (nSPS) is 20.1. The van der Waals surface area contributed by atoms with Gasteiger partial charge in [-0.3, -0.25) is 9.59 Å². The van der Waals surface area contributed by atoms with Gasteiger partial charge < -0.3 is 5.11 Å². The van der Waals surface area contributed by atoms with Gasteiger partial charge in [0.1, 0.15) is 12.2 Å². The van der Waals surface area contributed by atoms with Crippen LogP contribution in [0, 0.1) is 0 Å². The van der Waals surface area contributed by atoms with Crippen LogP contribution in [-0.4, -0.2) is 49.4 Å². The maximum Gasteiger partial charge on any atom is 0.325 e. The smallest absolute Gasteiger partial charge is 0.325 e. The molecular formula is C9H12N4O5S. The molecule has 0 saturated carbocycles. The average molecular weight is 288 g/mol. The summed E-state index contributed by atoms with van der Waals surface area (Å²) in [4.78, 5) is 22.1. The first kappa shape index (κ1) is 13.5. The molecule has 0 unspecified atom stereocenters. The van der Waals surface area contributed by atoms with Gasteiger partial charge in [-0.05, 0) is 13.8 Å². The molecule has 0 bridgehead atoms. The molecular weight excluding hydrogens is 276 g/mol. The molecule has 104 valence electrons. The molecule has 2 heterocycles. The summed E-state index contributed by atoms with van der Waals surface area (Å²) in [6.07, 6.45) is 1.29. The van der Waals surface area contributed by atoms with Crippen LogP contribution in [0.1, 0.15) is 19.5 Å². The Morgan fingerprint density at radius 1 is 1.47 bits per heavy atom. The van der Waals surface area contributed by atoms with Gasteiger partial charge >= 0.3 is 5.97 Å². The summed E-state index contributed by atoms with van der Waals surface area (Å²) in [5, 5.41) is 15.7. The zero-order valence-electron chi connectivity index (χ0n) is 10.3. The van der Waals surface area contributed by atoms with E-state index in [9.17, 15) is 18.0 Å². The summed E-state index contributed by atoms with van der Waals surface area (Å²) < 4.78 is 24.0. The molecule has 0 aliphatic carbocycles. The van der Waals surface area contributed by atoms with E-state index in [2.05, 4.69) is 10.3 Å². The Balaban J connectivity index is 2.13. The number of hydrogen-bond donors (Lipinski definition) is 1.